The molecule has 2 aliphatic rings. The summed E-state index contributed by atoms with van der Waals surface area (Å²) in [5.41, 5.74) is 4.44. The smallest absolute Gasteiger partial charge is 0.214 e. The molecule has 3 aromatic rings. The Labute approximate surface area is 158 Å². The molecular weight excluding hydrogens is 336 g/mol. The van der Waals surface area contributed by atoms with Gasteiger partial charge >= 0.3 is 0 Å². The first-order valence-electron chi connectivity index (χ1n) is 9.15. The number of hydrazone groups is 1. The maximum absolute atomic E-state index is 6.43. The largest absolute Gasteiger partial charge is 0.493 e. The average Bonchev–Trinajstić information content (AvgIpc) is 3.20. The fraction of sp³-hybridized carbons (Fsp3) is 0.174. The van der Waals surface area contributed by atoms with Gasteiger partial charge in [0.15, 0.2) is 11.5 Å². The molecule has 0 bridgehead atoms. The van der Waals surface area contributed by atoms with E-state index in [9.17, 15) is 0 Å². The van der Waals surface area contributed by atoms with Crippen LogP contribution in [-0.4, -0.2) is 17.8 Å². The molecular formula is C23H20N2O2. The number of hydrogen-bond donors (Lipinski definition) is 0. The highest BCUT2D eigenvalue weighted by molar-refractivity contribution is 6.01. The third kappa shape index (κ3) is 2.65. The molecule has 2 atom stereocenters. The summed E-state index contributed by atoms with van der Waals surface area (Å²) in [4.78, 5) is 0. The number of rotatable bonds is 3. The molecule has 5 rings (SSSR count). The minimum atomic E-state index is -0.277. The lowest BCUT2D eigenvalue weighted by Gasteiger charge is -2.38. The minimum absolute atomic E-state index is 0.129. The Balaban J connectivity index is 1.63. The lowest BCUT2D eigenvalue weighted by atomic mass is 9.95. The molecule has 0 saturated carbocycles. The Morgan fingerprint density at radius 1 is 0.926 bits per heavy atom. The number of para-hydroxylation sites is 1. The van der Waals surface area contributed by atoms with Crippen molar-refractivity contribution in [3.8, 4) is 11.5 Å². The molecule has 0 saturated heterocycles. The normalized spacial score (nSPS) is 20.3. The van der Waals surface area contributed by atoms with Gasteiger partial charge in [0.2, 0.25) is 6.23 Å². The third-order valence-electron chi connectivity index (χ3n) is 5.19. The van der Waals surface area contributed by atoms with E-state index in [0.29, 0.717) is 0 Å². The van der Waals surface area contributed by atoms with Crippen LogP contribution >= 0.6 is 0 Å². The highest BCUT2D eigenvalue weighted by Crippen LogP contribution is 2.50. The van der Waals surface area contributed by atoms with Crippen LogP contribution in [0, 0.1) is 0 Å². The summed E-state index contributed by atoms with van der Waals surface area (Å²) >= 11 is 0. The molecule has 0 amide bonds. The molecule has 0 unspecified atom stereocenters. The summed E-state index contributed by atoms with van der Waals surface area (Å²) in [6, 6.07) is 26.8. The Bertz CT molecular complexity index is 986. The average molecular weight is 356 g/mol. The van der Waals surface area contributed by atoms with Crippen molar-refractivity contribution in [2.24, 2.45) is 5.10 Å². The maximum Gasteiger partial charge on any atom is 0.214 e. The first-order chi connectivity index (χ1) is 13.3. The zero-order valence-corrected chi connectivity index (χ0v) is 15.1. The van der Waals surface area contributed by atoms with E-state index in [1.807, 2.05) is 36.4 Å². The monoisotopic (exact) mass is 356 g/mol. The second kappa shape index (κ2) is 6.47. The van der Waals surface area contributed by atoms with Gasteiger partial charge in [0, 0.05) is 17.5 Å². The molecule has 27 heavy (non-hydrogen) atoms. The van der Waals surface area contributed by atoms with Crippen LogP contribution in [-0.2, 0) is 0 Å². The number of nitrogens with zero attached hydrogens (tertiary/aromatic N) is 2. The second-order valence-corrected chi connectivity index (χ2v) is 6.77. The Morgan fingerprint density at radius 3 is 2.41 bits per heavy atom. The van der Waals surface area contributed by atoms with E-state index < -0.39 is 0 Å². The summed E-state index contributed by atoms with van der Waals surface area (Å²) in [5, 5.41) is 7.07. The first kappa shape index (κ1) is 15.9. The van der Waals surface area contributed by atoms with Gasteiger partial charge in [-0.2, -0.15) is 5.10 Å². The minimum Gasteiger partial charge on any atom is -0.493 e. The van der Waals surface area contributed by atoms with Gasteiger partial charge in [-0.25, -0.2) is 5.01 Å². The molecule has 0 fully saturated rings. The summed E-state index contributed by atoms with van der Waals surface area (Å²) in [6.07, 6.45) is 0.567. The van der Waals surface area contributed by atoms with Crippen LogP contribution in [0.25, 0.3) is 0 Å². The Morgan fingerprint density at radius 2 is 1.67 bits per heavy atom. The molecule has 4 nitrogen and oxygen atoms in total. The van der Waals surface area contributed by atoms with E-state index in [4.69, 9.17) is 14.6 Å². The summed E-state index contributed by atoms with van der Waals surface area (Å²) < 4.78 is 12.0. The van der Waals surface area contributed by atoms with Gasteiger partial charge in [0.1, 0.15) is 0 Å². The maximum atomic E-state index is 6.43. The van der Waals surface area contributed by atoms with Crippen LogP contribution in [0.15, 0.2) is 84.0 Å². The van der Waals surface area contributed by atoms with Gasteiger partial charge in [-0.05, 0) is 11.6 Å². The standard InChI is InChI=1S/C23H20N2O2/c1-26-21-14-8-13-18-20-15-19(16-9-4-2-5-10-16)24-25(20)23(27-22(18)21)17-11-6-3-7-12-17/h2-14,20,23H,15H2,1H3/t20-,23-/m0/s1. The van der Waals surface area contributed by atoms with Gasteiger partial charge in [0.05, 0.1) is 18.9 Å². The third-order valence-corrected chi connectivity index (χ3v) is 5.19. The molecule has 2 heterocycles. The van der Waals surface area contributed by atoms with Crippen LogP contribution in [0.5, 0.6) is 11.5 Å². The van der Waals surface area contributed by atoms with E-state index in [1.54, 1.807) is 7.11 Å². The van der Waals surface area contributed by atoms with E-state index in [0.717, 1.165) is 40.3 Å². The summed E-state index contributed by atoms with van der Waals surface area (Å²) in [5.74, 6) is 1.58. The molecule has 0 aliphatic carbocycles. The Hall–Kier alpha value is -3.27. The van der Waals surface area contributed by atoms with Crippen molar-refractivity contribution < 1.29 is 9.47 Å². The van der Waals surface area contributed by atoms with Gasteiger partial charge in [-0.3, -0.25) is 0 Å². The molecule has 0 N–H and O–H groups in total. The van der Waals surface area contributed by atoms with E-state index in [2.05, 4.69) is 47.5 Å². The van der Waals surface area contributed by atoms with Gasteiger partial charge in [-0.15, -0.1) is 0 Å². The zero-order chi connectivity index (χ0) is 18.2. The van der Waals surface area contributed by atoms with Crippen LogP contribution in [0.2, 0.25) is 0 Å². The van der Waals surface area contributed by atoms with Crippen LogP contribution in [0.4, 0.5) is 0 Å². The molecule has 4 heteroatoms. The van der Waals surface area contributed by atoms with Gasteiger partial charge < -0.3 is 9.47 Å². The topological polar surface area (TPSA) is 34.1 Å². The lowest BCUT2D eigenvalue weighted by molar-refractivity contribution is -0.0209. The van der Waals surface area contributed by atoms with Crippen LogP contribution in [0.1, 0.15) is 35.4 Å². The molecule has 2 aliphatic heterocycles. The number of hydrogen-bond acceptors (Lipinski definition) is 4. The second-order valence-electron chi connectivity index (χ2n) is 6.77. The van der Waals surface area contributed by atoms with E-state index in [-0.39, 0.29) is 12.3 Å². The number of fused-ring (bicyclic) bond motifs is 3. The van der Waals surface area contributed by atoms with Crippen molar-refractivity contribution in [1.82, 2.24) is 5.01 Å². The van der Waals surface area contributed by atoms with Gasteiger partial charge in [-0.1, -0.05) is 72.8 Å². The van der Waals surface area contributed by atoms with Crippen molar-refractivity contribution in [2.45, 2.75) is 18.7 Å². The predicted octanol–water partition coefficient (Wildman–Crippen LogP) is 4.94. The number of methoxy groups -OCH3 is 1. The summed E-state index contributed by atoms with van der Waals surface area (Å²) in [7, 11) is 1.68. The highest BCUT2D eigenvalue weighted by Gasteiger charge is 2.41. The fourth-order valence-electron chi connectivity index (χ4n) is 3.89. The first-order valence-corrected chi connectivity index (χ1v) is 9.15. The van der Waals surface area contributed by atoms with Crippen molar-refractivity contribution in [3.05, 3.63) is 95.6 Å². The Kier molecular flexibility index (Phi) is 3.82. The number of ether oxygens (including phenoxy) is 2. The van der Waals surface area contributed by atoms with E-state index >= 15 is 0 Å². The lowest BCUT2D eigenvalue weighted by Crippen LogP contribution is -2.33. The van der Waals surface area contributed by atoms with Crippen molar-refractivity contribution in [2.75, 3.05) is 7.11 Å². The molecule has 134 valence electrons. The van der Waals surface area contributed by atoms with Crippen molar-refractivity contribution >= 4 is 5.71 Å². The highest BCUT2D eigenvalue weighted by atomic mass is 16.5. The quantitative estimate of drug-likeness (QED) is 0.667. The zero-order valence-electron chi connectivity index (χ0n) is 15.1. The van der Waals surface area contributed by atoms with E-state index in [1.165, 1.54) is 0 Å². The predicted molar refractivity (Wildman–Crippen MR) is 105 cm³/mol. The molecule has 0 spiro atoms. The molecule has 3 aromatic carbocycles. The van der Waals surface area contributed by atoms with Crippen molar-refractivity contribution in [3.63, 3.8) is 0 Å². The summed E-state index contributed by atoms with van der Waals surface area (Å²) in [6.45, 7) is 0. The van der Waals surface area contributed by atoms with Crippen LogP contribution in [0.3, 0.4) is 0 Å². The molecule has 0 aromatic heterocycles. The fourth-order valence-corrected chi connectivity index (χ4v) is 3.89. The number of benzene rings is 3. The van der Waals surface area contributed by atoms with Crippen molar-refractivity contribution in [1.29, 1.82) is 0 Å². The van der Waals surface area contributed by atoms with Gasteiger partial charge in [0.25, 0.3) is 0 Å². The van der Waals surface area contributed by atoms with Crippen LogP contribution < -0.4 is 9.47 Å². The molecule has 0 radical (unpaired) electrons. The SMILES string of the molecule is COc1cccc2c1O[C@@H](c1ccccc1)N1N=C(c3ccccc3)C[C@@H]21.